The van der Waals surface area contributed by atoms with Crippen molar-refractivity contribution in [3.63, 3.8) is 0 Å². The normalized spacial score (nSPS) is 12.1. The molecular weight excluding hydrogens is 373 g/mol. The number of hydrogen-bond acceptors (Lipinski definition) is 2. The molecule has 0 radical (unpaired) electrons. The topological polar surface area (TPSA) is 21.3 Å². The van der Waals surface area contributed by atoms with Crippen LogP contribution in [0.25, 0.3) is 0 Å². The molecule has 2 aromatic carbocycles. The Kier molecular flexibility index (Phi) is 6.51. The average molecular weight is 395 g/mol. The van der Waals surface area contributed by atoms with Gasteiger partial charge in [0.05, 0.1) is 0 Å². The van der Waals surface area contributed by atoms with Crippen LogP contribution in [0.15, 0.2) is 48.5 Å². The summed E-state index contributed by atoms with van der Waals surface area (Å²) in [5.41, 5.74) is 2.44. The SMILES string of the molecule is CCNC(CC)c1ccccc1OCc1ccc(I)cc1. The van der Waals surface area contributed by atoms with Crippen LogP contribution in [0.5, 0.6) is 5.75 Å². The minimum Gasteiger partial charge on any atom is -0.489 e. The molecule has 0 bridgehead atoms. The smallest absolute Gasteiger partial charge is 0.124 e. The van der Waals surface area contributed by atoms with Crippen LogP contribution in [0, 0.1) is 3.57 Å². The van der Waals surface area contributed by atoms with Crippen molar-refractivity contribution in [3.8, 4) is 5.75 Å². The summed E-state index contributed by atoms with van der Waals surface area (Å²) in [4.78, 5) is 0. The van der Waals surface area contributed by atoms with Gasteiger partial charge < -0.3 is 10.1 Å². The molecule has 0 saturated heterocycles. The van der Waals surface area contributed by atoms with Gasteiger partial charge in [-0.05, 0) is 59.3 Å². The van der Waals surface area contributed by atoms with Gasteiger partial charge in [0.15, 0.2) is 0 Å². The zero-order valence-corrected chi connectivity index (χ0v) is 14.8. The maximum absolute atomic E-state index is 6.05. The first kappa shape index (κ1) is 16.3. The summed E-state index contributed by atoms with van der Waals surface area (Å²) in [5.74, 6) is 0.976. The van der Waals surface area contributed by atoms with Gasteiger partial charge in [0, 0.05) is 15.2 Å². The van der Waals surface area contributed by atoms with Crippen molar-refractivity contribution >= 4 is 22.6 Å². The molecule has 0 aromatic heterocycles. The van der Waals surface area contributed by atoms with Gasteiger partial charge in [0.2, 0.25) is 0 Å². The lowest BCUT2D eigenvalue weighted by molar-refractivity contribution is 0.298. The Bertz CT molecular complexity index is 553. The van der Waals surface area contributed by atoms with Gasteiger partial charge in [-0.3, -0.25) is 0 Å². The number of rotatable bonds is 7. The van der Waals surface area contributed by atoms with Crippen LogP contribution in [-0.4, -0.2) is 6.54 Å². The molecule has 1 unspecified atom stereocenters. The van der Waals surface area contributed by atoms with Crippen molar-refractivity contribution in [2.75, 3.05) is 6.54 Å². The minimum absolute atomic E-state index is 0.350. The summed E-state index contributed by atoms with van der Waals surface area (Å²) >= 11 is 2.32. The third kappa shape index (κ3) is 4.71. The number of benzene rings is 2. The summed E-state index contributed by atoms with van der Waals surface area (Å²) in [5, 5.41) is 3.51. The zero-order chi connectivity index (χ0) is 15.1. The molecule has 0 amide bonds. The van der Waals surface area contributed by atoms with E-state index in [1.807, 2.05) is 6.07 Å². The van der Waals surface area contributed by atoms with Crippen LogP contribution in [0.4, 0.5) is 0 Å². The standard InChI is InChI=1S/C18H22INO/c1-3-17(20-4-2)16-7-5-6-8-18(16)21-13-14-9-11-15(19)12-10-14/h5-12,17,20H,3-4,13H2,1-2H3. The second kappa shape index (κ2) is 8.39. The van der Waals surface area contributed by atoms with E-state index in [1.54, 1.807) is 0 Å². The Morgan fingerprint density at radius 2 is 1.76 bits per heavy atom. The Balaban J connectivity index is 2.10. The highest BCUT2D eigenvalue weighted by Crippen LogP contribution is 2.27. The van der Waals surface area contributed by atoms with E-state index < -0.39 is 0 Å². The molecule has 3 heteroatoms. The second-order valence-electron chi connectivity index (χ2n) is 4.97. The van der Waals surface area contributed by atoms with Crippen molar-refractivity contribution in [2.45, 2.75) is 32.9 Å². The van der Waals surface area contributed by atoms with Gasteiger partial charge in [0.1, 0.15) is 12.4 Å². The summed E-state index contributed by atoms with van der Waals surface area (Å²) in [6.07, 6.45) is 1.05. The molecule has 0 aliphatic carbocycles. The predicted molar refractivity (Wildman–Crippen MR) is 96.6 cm³/mol. The van der Waals surface area contributed by atoms with E-state index in [0.29, 0.717) is 12.6 Å². The average Bonchev–Trinajstić information content (AvgIpc) is 2.52. The van der Waals surface area contributed by atoms with E-state index in [0.717, 1.165) is 18.7 Å². The van der Waals surface area contributed by atoms with E-state index >= 15 is 0 Å². The van der Waals surface area contributed by atoms with Gasteiger partial charge in [-0.1, -0.05) is 44.2 Å². The van der Waals surface area contributed by atoms with E-state index in [1.165, 1.54) is 14.7 Å². The molecule has 0 heterocycles. The molecule has 0 saturated carbocycles. The molecule has 0 aliphatic rings. The molecule has 0 aliphatic heterocycles. The quantitative estimate of drug-likeness (QED) is 0.672. The molecule has 0 spiro atoms. The Hall–Kier alpha value is -1.07. The fourth-order valence-corrected chi connectivity index (χ4v) is 2.72. The highest BCUT2D eigenvalue weighted by atomic mass is 127. The fraction of sp³-hybridized carbons (Fsp3) is 0.333. The van der Waals surface area contributed by atoms with Crippen molar-refractivity contribution < 1.29 is 4.74 Å². The first-order valence-electron chi connectivity index (χ1n) is 7.44. The first-order valence-corrected chi connectivity index (χ1v) is 8.52. The summed E-state index contributed by atoms with van der Waals surface area (Å²) in [6.45, 7) is 5.90. The summed E-state index contributed by atoms with van der Waals surface area (Å²) < 4.78 is 7.30. The maximum atomic E-state index is 6.05. The zero-order valence-electron chi connectivity index (χ0n) is 12.6. The molecule has 1 atom stereocenters. The van der Waals surface area contributed by atoms with Crippen LogP contribution in [0.1, 0.15) is 37.4 Å². The lowest BCUT2D eigenvalue weighted by Crippen LogP contribution is -2.20. The number of nitrogens with one attached hydrogen (secondary N) is 1. The Morgan fingerprint density at radius 1 is 1.05 bits per heavy atom. The van der Waals surface area contributed by atoms with Crippen LogP contribution >= 0.6 is 22.6 Å². The summed E-state index contributed by atoms with van der Waals surface area (Å²) in [6, 6.07) is 17.1. The molecule has 0 fully saturated rings. The van der Waals surface area contributed by atoms with E-state index in [4.69, 9.17) is 4.74 Å². The van der Waals surface area contributed by atoms with Crippen LogP contribution < -0.4 is 10.1 Å². The van der Waals surface area contributed by atoms with Gasteiger partial charge in [-0.2, -0.15) is 0 Å². The van der Waals surface area contributed by atoms with Gasteiger partial charge >= 0.3 is 0 Å². The minimum atomic E-state index is 0.350. The van der Waals surface area contributed by atoms with Crippen molar-refractivity contribution in [1.82, 2.24) is 5.32 Å². The van der Waals surface area contributed by atoms with E-state index in [9.17, 15) is 0 Å². The Morgan fingerprint density at radius 3 is 2.43 bits per heavy atom. The largest absolute Gasteiger partial charge is 0.489 e. The highest BCUT2D eigenvalue weighted by Gasteiger charge is 2.13. The maximum Gasteiger partial charge on any atom is 0.124 e. The number of para-hydroxylation sites is 1. The van der Waals surface area contributed by atoms with Crippen molar-refractivity contribution in [1.29, 1.82) is 0 Å². The molecule has 2 aromatic rings. The lowest BCUT2D eigenvalue weighted by Gasteiger charge is -2.20. The lowest BCUT2D eigenvalue weighted by atomic mass is 10.0. The molecule has 2 nitrogen and oxygen atoms in total. The third-order valence-electron chi connectivity index (χ3n) is 3.46. The Labute approximate surface area is 141 Å². The second-order valence-corrected chi connectivity index (χ2v) is 6.22. The van der Waals surface area contributed by atoms with E-state index in [2.05, 4.69) is 84.2 Å². The molecule has 112 valence electrons. The first-order chi connectivity index (χ1) is 10.2. The van der Waals surface area contributed by atoms with Crippen LogP contribution in [0.3, 0.4) is 0 Å². The predicted octanol–water partition coefficient (Wildman–Crippen LogP) is 4.93. The van der Waals surface area contributed by atoms with Crippen molar-refractivity contribution in [3.05, 3.63) is 63.2 Å². The molecule has 1 N–H and O–H groups in total. The summed E-state index contributed by atoms with van der Waals surface area (Å²) in [7, 11) is 0. The highest BCUT2D eigenvalue weighted by molar-refractivity contribution is 14.1. The van der Waals surface area contributed by atoms with Gasteiger partial charge in [-0.15, -0.1) is 0 Å². The fourth-order valence-electron chi connectivity index (χ4n) is 2.36. The third-order valence-corrected chi connectivity index (χ3v) is 4.18. The number of hydrogen-bond donors (Lipinski definition) is 1. The monoisotopic (exact) mass is 395 g/mol. The number of ether oxygens (including phenoxy) is 1. The molecule has 2 rings (SSSR count). The van der Waals surface area contributed by atoms with E-state index in [-0.39, 0.29) is 0 Å². The van der Waals surface area contributed by atoms with Crippen LogP contribution in [-0.2, 0) is 6.61 Å². The van der Waals surface area contributed by atoms with Crippen LogP contribution in [0.2, 0.25) is 0 Å². The van der Waals surface area contributed by atoms with Gasteiger partial charge in [0.25, 0.3) is 0 Å². The van der Waals surface area contributed by atoms with Crippen molar-refractivity contribution in [2.24, 2.45) is 0 Å². The molecular formula is C18H22INO. The number of halogens is 1. The molecule has 21 heavy (non-hydrogen) atoms. The van der Waals surface area contributed by atoms with Gasteiger partial charge in [-0.25, -0.2) is 0 Å².